The first-order valence-electron chi connectivity index (χ1n) is 7.17. The molecule has 0 spiro atoms. The summed E-state index contributed by atoms with van der Waals surface area (Å²) in [6, 6.07) is 15.7. The number of hydrogen-bond acceptors (Lipinski definition) is 3. The lowest BCUT2D eigenvalue weighted by Crippen LogP contribution is -2.50. The highest BCUT2D eigenvalue weighted by Gasteiger charge is 2.56. The minimum absolute atomic E-state index is 0.149. The van der Waals surface area contributed by atoms with E-state index in [1.165, 1.54) is 7.11 Å². The zero-order chi connectivity index (χ0) is 14.6. The van der Waals surface area contributed by atoms with Crippen LogP contribution in [-0.2, 0) is 15.1 Å². The third kappa shape index (κ3) is 1.44. The summed E-state index contributed by atoms with van der Waals surface area (Å²) in [6.45, 7) is 0. The van der Waals surface area contributed by atoms with Gasteiger partial charge >= 0.3 is 5.97 Å². The topological polar surface area (TPSA) is 46.5 Å². The molecule has 3 aliphatic rings. The lowest BCUT2D eigenvalue weighted by molar-refractivity contribution is -0.156. The fraction of sp³-hybridized carbons (Fsp3) is 0.278. The SMILES string of the molecule is COC(=O)C1CC2c3ccccc3C1(O)c1ccccc12. The molecule has 1 N–H and O–H groups in total. The lowest BCUT2D eigenvalue weighted by Gasteiger charge is -2.49. The molecule has 2 aromatic carbocycles. The van der Waals surface area contributed by atoms with Crippen molar-refractivity contribution in [2.24, 2.45) is 5.92 Å². The highest BCUT2D eigenvalue weighted by atomic mass is 16.5. The molecule has 0 heterocycles. The summed E-state index contributed by atoms with van der Waals surface area (Å²) in [5.41, 5.74) is 2.65. The number of methoxy groups -OCH3 is 1. The molecule has 0 radical (unpaired) electrons. The zero-order valence-electron chi connectivity index (χ0n) is 11.7. The standard InChI is InChI=1S/C18H16O3/c1-21-17(19)16-10-13-11-6-2-4-8-14(11)18(16,20)15-9-5-3-7-12(13)15/h2-9,13,16,20H,10H2,1H3. The maximum Gasteiger partial charge on any atom is 0.312 e. The number of rotatable bonds is 1. The normalized spacial score (nSPS) is 28.7. The van der Waals surface area contributed by atoms with Crippen molar-refractivity contribution < 1.29 is 14.6 Å². The van der Waals surface area contributed by atoms with Gasteiger partial charge in [0.1, 0.15) is 5.60 Å². The van der Waals surface area contributed by atoms with E-state index in [1.54, 1.807) is 0 Å². The fourth-order valence-corrected chi connectivity index (χ4v) is 4.05. The highest BCUT2D eigenvalue weighted by molar-refractivity contribution is 5.78. The Labute approximate surface area is 123 Å². The van der Waals surface area contributed by atoms with Crippen molar-refractivity contribution in [1.29, 1.82) is 0 Å². The van der Waals surface area contributed by atoms with Crippen LogP contribution in [0.15, 0.2) is 48.5 Å². The van der Waals surface area contributed by atoms with E-state index in [1.807, 2.05) is 36.4 Å². The smallest absolute Gasteiger partial charge is 0.312 e. The molecule has 3 nitrogen and oxygen atoms in total. The molecule has 3 aliphatic carbocycles. The van der Waals surface area contributed by atoms with Crippen LogP contribution in [0.2, 0.25) is 0 Å². The Morgan fingerprint density at radius 1 is 1.10 bits per heavy atom. The molecule has 2 aromatic rings. The molecule has 2 bridgehead atoms. The van der Waals surface area contributed by atoms with Gasteiger partial charge in [-0.15, -0.1) is 0 Å². The van der Waals surface area contributed by atoms with Crippen LogP contribution < -0.4 is 0 Å². The van der Waals surface area contributed by atoms with Gasteiger partial charge in [-0.05, 0) is 28.7 Å². The second-order valence-electron chi connectivity index (χ2n) is 5.80. The van der Waals surface area contributed by atoms with Gasteiger partial charge in [0.25, 0.3) is 0 Å². The van der Waals surface area contributed by atoms with E-state index in [4.69, 9.17) is 4.74 Å². The second-order valence-corrected chi connectivity index (χ2v) is 5.80. The average Bonchev–Trinajstić information content (AvgIpc) is 2.55. The van der Waals surface area contributed by atoms with Crippen molar-refractivity contribution in [3.8, 4) is 0 Å². The summed E-state index contributed by atoms with van der Waals surface area (Å²) in [4.78, 5) is 12.2. The summed E-state index contributed by atoms with van der Waals surface area (Å²) in [6.07, 6.45) is 0.594. The molecule has 1 unspecified atom stereocenters. The molecule has 0 aromatic heterocycles. The van der Waals surface area contributed by atoms with Crippen LogP contribution in [-0.4, -0.2) is 18.2 Å². The first-order valence-corrected chi connectivity index (χ1v) is 7.17. The Balaban J connectivity index is 2.04. The largest absolute Gasteiger partial charge is 0.469 e. The van der Waals surface area contributed by atoms with Crippen LogP contribution in [0.25, 0.3) is 0 Å². The fourth-order valence-electron chi connectivity index (χ4n) is 4.05. The molecule has 0 aliphatic heterocycles. The zero-order valence-corrected chi connectivity index (χ0v) is 11.7. The predicted molar refractivity (Wildman–Crippen MR) is 77.8 cm³/mol. The predicted octanol–water partition coefficient (Wildman–Crippen LogP) is 2.56. The molecule has 1 atom stereocenters. The molecule has 21 heavy (non-hydrogen) atoms. The summed E-state index contributed by atoms with van der Waals surface area (Å²) in [7, 11) is 1.38. The Morgan fingerprint density at radius 2 is 1.62 bits per heavy atom. The number of benzene rings is 2. The molecule has 0 saturated heterocycles. The quantitative estimate of drug-likeness (QED) is 0.817. The number of aliphatic hydroxyl groups is 1. The number of carbonyl (C=O) groups is 1. The molecule has 3 heteroatoms. The van der Waals surface area contributed by atoms with E-state index in [2.05, 4.69) is 12.1 Å². The average molecular weight is 280 g/mol. The monoisotopic (exact) mass is 280 g/mol. The first-order chi connectivity index (χ1) is 10.2. The minimum atomic E-state index is -1.28. The van der Waals surface area contributed by atoms with Crippen LogP contribution in [0.3, 0.4) is 0 Å². The maximum absolute atomic E-state index is 12.2. The lowest BCUT2D eigenvalue weighted by atomic mass is 9.56. The Kier molecular flexibility index (Phi) is 2.51. The van der Waals surface area contributed by atoms with Gasteiger partial charge in [-0.3, -0.25) is 4.79 Å². The van der Waals surface area contributed by atoms with Crippen molar-refractivity contribution in [3.63, 3.8) is 0 Å². The first kappa shape index (κ1) is 12.6. The Bertz CT molecular complexity index is 687. The highest BCUT2D eigenvalue weighted by Crippen LogP contribution is 2.57. The van der Waals surface area contributed by atoms with Gasteiger partial charge in [0.2, 0.25) is 0 Å². The minimum Gasteiger partial charge on any atom is -0.469 e. The summed E-state index contributed by atoms with van der Waals surface area (Å²) in [5.74, 6) is -0.737. The van der Waals surface area contributed by atoms with Crippen LogP contribution in [0.1, 0.15) is 34.6 Å². The van der Waals surface area contributed by atoms with E-state index < -0.39 is 11.5 Å². The van der Waals surface area contributed by atoms with Crippen molar-refractivity contribution in [2.75, 3.05) is 7.11 Å². The van der Waals surface area contributed by atoms with Crippen LogP contribution in [0.4, 0.5) is 0 Å². The van der Waals surface area contributed by atoms with E-state index in [0.717, 1.165) is 22.3 Å². The van der Waals surface area contributed by atoms with Crippen LogP contribution in [0.5, 0.6) is 0 Å². The van der Waals surface area contributed by atoms with Gasteiger partial charge in [0.05, 0.1) is 13.0 Å². The van der Waals surface area contributed by atoms with Crippen LogP contribution in [0, 0.1) is 5.92 Å². The number of esters is 1. The summed E-state index contributed by atoms with van der Waals surface area (Å²) < 4.78 is 4.94. The van der Waals surface area contributed by atoms with Gasteiger partial charge in [-0.2, -0.15) is 0 Å². The number of ether oxygens (including phenoxy) is 1. The molecular formula is C18H16O3. The van der Waals surface area contributed by atoms with Gasteiger partial charge in [0, 0.05) is 5.92 Å². The Hall–Kier alpha value is -2.13. The van der Waals surface area contributed by atoms with Crippen molar-refractivity contribution in [2.45, 2.75) is 17.9 Å². The Morgan fingerprint density at radius 3 is 2.14 bits per heavy atom. The molecule has 5 rings (SSSR count). The molecule has 0 fully saturated rings. The van der Waals surface area contributed by atoms with Gasteiger partial charge in [0.15, 0.2) is 0 Å². The number of hydrogen-bond donors (Lipinski definition) is 1. The van der Waals surface area contributed by atoms with E-state index >= 15 is 0 Å². The molecule has 0 saturated carbocycles. The van der Waals surface area contributed by atoms with Gasteiger partial charge in [-0.25, -0.2) is 0 Å². The molecule has 0 amide bonds. The van der Waals surface area contributed by atoms with Crippen molar-refractivity contribution in [3.05, 3.63) is 70.8 Å². The second kappa shape index (κ2) is 4.18. The molecular weight excluding hydrogens is 264 g/mol. The van der Waals surface area contributed by atoms with Gasteiger partial charge in [-0.1, -0.05) is 48.5 Å². The third-order valence-corrected chi connectivity index (χ3v) is 4.96. The number of carbonyl (C=O) groups excluding carboxylic acids is 1. The van der Waals surface area contributed by atoms with Crippen LogP contribution >= 0.6 is 0 Å². The van der Waals surface area contributed by atoms with E-state index in [-0.39, 0.29) is 11.9 Å². The van der Waals surface area contributed by atoms with E-state index in [0.29, 0.717) is 6.42 Å². The summed E-state index contributed by atoms with van der Waals surface area (Å²) in [5, 5.41) is 11.5. The van der Waals surface area contributed by atoms with E-state index in [9.17, 15) is 9.90 Å². The van der Waals surface area contributed by atoms with Gasteiger partial charge < -0.3 is 9.84 Å². The van der Waals surface area contributed by atoms with Crippen molar-refractivity contribution >= 4 is 5.97 Å². The summed E-state index contributed by atoms with van der Waals surface area (Å²) >= 11 is 0. The van der Waals surface area contributed by atoms with Crippen molar-refractivity contribution in [1.82, 2.24) is 0 Å². The maximum atomic E-state index is 12.2. The third-order valence-electron chi connectivity index (χ3n) is 4.96. The number of fused-ring (bicyclic) bond motifs is 1. The molecule has 106 valence electrons.